The average Bonchev–Trinajstić information content (AvgIpc) is 2.08. The van der Waals surface area contributed by atoms with Crippen LogP contribution in [0.15, 0.2) is 0 Å². The molecule has 2 amide bonds. The van der Waals surface area contributed by atoms with Crippen LogP contribution >= 0.6 is 0 Å². The van der Waals surface area contributed by atoms with Crippen molar-refractivity contribution < 1.29 is 19.5 Å². The molecule has 6 heteroatoms. The fourth-order valence-electron chi connectivity index (χ4n) is 1.50. The second-order valence-corrected chi connectivity index (χ2v) is 4.03. The van der Waals surface area contributed by atoms with Gasteiger partial charge < -0.3 is 16.2 Å². The molecule has 0 aliphatic heterocycles. The van der Waals surface area contributed by atoms with Crippen LogP contribution in [0.3, 0.4) is 0 Å². The lowest BCUT2D eigenvalue weighted by Crippen LogP contribution is -2.45. The topological polar surface area (TPSA) is 109 Å². The number of rotatable bonds is 6. The van der Waals surface area contributed by atoms with E-state index in [9.17, 15) is 14.4 Å². The molecule has 4 N–H and O–H groups in total. The summed E-state index contributed by atoms with van der Waals surface area (Å²) in [4.78, 5) is 32.8. The van der Waals surface area contributed by atoms with E-state index in [1.54, 1.807) is 0 Å². The van der Waals surface area contributed by atoms with Crippen molar-refractivity contribution in [1.82, 2.24) is 5.32 Å². The molecule has 1 aliphatic rings. The summed E-state index contributed by atoms with van der Waals surface area (Å²) in [6, 6.07) is -1.01. The van der Waals surface area contributed by atoms with Crippen molar-refractivity contribution in [1.29, 1.82) is 0 Å². The van der Waals surface area contributed by atoms with Crippen molar-refractivity contribution >= 4 is 17.8 Å². The van der Waals surface area contributed by atoms with Crippen molar-refractivity contribution in [2.24, 2.45) is 11.7 Å². The van der Waals surface area contributed by atoms with Crippen LogP contribution in [0.4, 0.5) is 0 Å². The molecule has 0 heterocycles. The van der Waals surface area contributed by atoms with Crippen LogP contribution in [0.5, 0.6) is 0 Å². The predicted molar refractivity (Wildman–Crippen MR) is 55.3 cm³/mol. The number of hydrogen-bond acceptors (Lipinski definition) is 3. The molecule has 1 saturated carbocycles. The van der Waals surface area contributed by atoms with Crippen molar-refractivity contribution in [3.63, 3.8) is 0 Å². The van der Waals surface area contributed by atoms with Crippen LogP contribution in [0.2, 0.25) is 0 Å². The van der Waals surface area contributed by atoms with E-state index in [1.807, 2.05) is 0 Å². The van der Waals surface area contributed by atoms with Crippen molar-refractivity contribution in [3.05, 3.63) is 0 Å². The molecule has 1 aliphatic carbocycles. The molecule has 6 nitrogen and oxygen atoms in total. The van der Waals surface area contributed by atoms with Crippen LogP contribution in [0.1, 0.15) is 32.1 Å². The molecule has 0 radical (unpaired) electrons. The largest absolute Gasteiger partial charge is 0.480 e. The number of nitrogens with one attached hydrogen (secondary N) is 1. The summed E-state index contributed by atoms with van der Waals surface area (Å²) in [6.45, 7) is 0. The zero-order chi connectivity index (χ0) is 12.1. The monoisotopic (exact) mass is 228 g/mol. The first-order valence-corrected chi connectivity index (χ1v) is 5.32. The third-order valence-corrected chi connectivity index (χ3v) is 2.77. The number of primary amides is 1. The molecule has 0 aromatic heterocycles. The highest BCUT2D eigenvalue weighted by atomic mass is 16.4. The van der Waals surface area contributed by atoms with Crippen LogP contribution in [0.25, 0.3) is 0 Å². The number of hydrogen-bond donors (Lipinski definition) is 3. The Bertz CT molecular complexity index is 299. The van der Waals surface area contributed by atoms with E-state index in [1.165, 1.54) is 0 Å². The second-order valence-electron chi connectivity index (χ2n) is 4.03. The highest BCUT2D eigenvalue weighted by Crippen LogP contribution is 2.26. The van der Waals surface area contributed by atoms with Gasteiger partial charge in [-0.2, -0.15) is 0 Å². The van der Waals surface area contributed by atoms with Gasteiger partial charge in [0.1, 0.15) is 6.04 Å². The SMILES string of the molecule is NC(=O)CCC(NC(=O)C1CCC1)C(=O)O. The molecule has 1 fully saturated rings. The maximum Gasteiger partial charge on any atom is 0.326 e. The van der Waals surface area contributed by atoms with Gasteiger partial charge in [0.15, 0.2) is 0 Å². The van der Waals surface area contributed by atoms with Crippen LogP contribution in [0, 0.1) is 5.92 Å². The zero-order valence-corrected chi connectivity index (χ0v) is 8.94. The van der Waals surface area contributed by atoms with Gasteiger partial charge >= 0.3 is 5.97 Å². The Morgan fingerprint density at radius 2 is 2.00 bits per heavy atom. The Morgan fingerprint density at radius 3 is 2.38 bits per heavy atom. The van der Waals surface area contributed by atoms with E-state index in [4.69, 9.17) is 10.8 Å². The molecule has 0 aromatic carbocycles. The first-order valence-electron chi connectivity index (χ1n) is 5.32. The van der Waals surface area contributed by atoms with Gasteiger partial charge in [0.25, 0.3) is 0 Å². The van der Waals surface area contributed by atoms with E-state index >= 15 is 0 Å². The number of carbonyl (C=O) groups is 3. The van der Waals surface area contributed by atoms with Crippen molar-refractivity contribution in [3.8, 4) is 0 Å². The smallest absolute Gasteiger partial charge is 0.326 e. The van der Waals surface area contributed by atoms with E-state index in [2.05, 4.69) is 5.32 Å². The number of amides is 2. The molecule has 0 spiro atoms. The Morgan fingerprint density at radius 1 is 1.38 bits per heavy atom. The third kappa shape index (κ3) is 3.52. The summed E-state index contributed by atoms with van der Waals surface area (Å²) in [5, 5.41) is 11.3. The minimum absolute atomic E-state index is 0.0398. The van der Waals surface area contributed by atoms with Gasteiger partial charge in [0.2, 0.25) is 11.8 Å². The average molecular weight is 228 g/mol. The quantitative estimate of drug-likeness (QED) is 0.575. The molecule has 0 aromatic rings. The maximum absolute atomic E-state index is 11.5. The maximum atomic E-state index is 11.5. The number of carbonyl (C=O) groups excluding carboxylic acids is 2. The van der Waals surface area contributed by atoms with Gasteiger partial charge in [-0.3, -0.25) is 9.59 Å². The molecular formula is C10H16N2O4. The Labute approximate surface area is 93.2 Å². The zero-order valence-electron chi connectivity index (χ0n) is 8.94. The van der Waals surface area contributed by atoms with Gasteiger partial charge in [-0.05, 0) is 19.3 Å². The lowest BCUT2D eigenvalue weighted by Gasteiger charge is -2.25. The Hall–Kier alpha value is -1.59. The van der Waals surface area contributed by atoms with Crippen molar-refractivity contribution in [2.75, 3.05) is 0 Å². The molecule has 16 heavy (non-hydrogen) atoms. The van der Waals surface area contributed by atoms with E-state index in [0.29, 0.717) is 0 Å². The number of nitrogens with two attached hydrogens (primary N) is 1. The molecule has 90 valence electrons. The van der Waals surface area contributed by atoms with Gasteiger partial charge in [0, 0.05) is 12.3 Å². The third-order valence-electron chi connectivity index (χ3n) is 2.77. The van der Waals surface area contributed by atoms with Gasteiger partial charge in [0.05, 0.1) is 0 Å². The van der Waals surface area contributed by atoms with Crippen molar-refractivity contribution in [2.45, 2.75) is 38.1 Å². The number of aliphatic carboxylic acids is 1. The molecule has 1 atom stereocenters. The normalized spacial score (nSPS) is 17.2. The molecule has 1 rings (SSSR count). The summed E-state index contributed by atoms with van der Waals surface area (Å²) in [5.74, 6) is -1.99. The van der Waals surface area contributed by atoms with Crippen LogP contribution in [-0.2, 0) is 14.4 Å². The van der Waals surface area contributed by atoms with E-state index < -0.39 is 17.9 Å². The fourth-order valence-corrected chi connectivity index (χ4v) is 1.50. The first-order chi connectivity index (χ1) is 7.50. The van der Waals surface area contributed by atoms with E-state index in [0.717, 1.165) is 19.3 Å². The minimum Gasteiger partial charge on any atom is -0.480 e. The summed E-state index contributed by atoms with van der Waals surface area (Å²) < 4.78 is 0. The molecular weight excluding hydrogens is 212 g/mol. The Kier molecular flexibility index (Phi) is 4.28. The van der Waals surface area contributed by atoms with Crippen LogP contribution in [-0.4, -0.2) is 28.9 Å². The first kappa shape index (κ1) is 12.5. The summed E-state index contributed by atoms with van der Waals surface area (Å²) in [5.41, 5.74) is 4.92. The second kappa shape index (κ2) is 5.48. The number of carboxylic acid groups (broad SMARTS) is 1. The predicted octanol–water partition coefficient (Wildman–Crippen LogP) is -0.379. The van der Waals surface area contributed by atoms with Gasteiger partial charge in [-0.1, -0.05) is 6.42 Å². The lowest BCUT2D eigenvalue weighted by atomic mass is 9.84. The molecule has 1 unspecified atom stereocenters. The van der Waals surface area contributed by atoms with Gasteiger partial charge in [-0.25, -0.2) is 4.79 Å². The summed E-state index contributed by atoms with van der Waals surface area (Å²) in [7, 11) is 0. The molecule has 0 bridgehead atoms. The fraction of sp³-hybridized carbons (Fsp3) is 0.700. The lowest BCUT2D eigenvalue weighted by molar-refractivity contribution is -0.143. The van der Waals surface area contributed by atoms with Crippen LogP contribution < -0.4 is 11.1 Å². The number of carboxylic acids is 1. The summed E-state index contributed by atoms with van der Waals surface area (Å²) >= 11 is 0. The van der Waals surface area contributed by atoms with Gasteiger partial charge in [-0.15, -0.1) is 0 Å². The standard InChI is InChI=1S/C10H16N2O4/c11-8(13)5-4-7(10(15)16)12-9(14)6-2-1-3-6/h6-7H,1-5H2,(H2,11,13)(H,12,14)(H,15,16). The summed E-state index contributed by atoms with van der Waals surface area (Å²) in [6.07, 6.45) is 2.64. The highest BCUT2D eigenvalue weighted by Gasteiger charge is 2.29. The highest BCUT2D eigenvalue weighted by molar-refractivity contribution is 5.85. The minimum atomic E-state index is -1.13. The van der Waals surface area contributed by atoms with E-state index in [-0.39, 0.29) is 24.7 Å². The molecule has 0 saturated heterocycles. The Balaban J connectivity index is 2.40.